The lowest BCUT2D eigenvalue weighted by Gasteiger charge is -2.20. The molecule has 0 aromatic carbocycles. The third kappa shape index (κ3) is 3.45. The van der Waals surface area contributed by atoms with Crippen molar-refractivity contribution in [3.05, 3.63) is 0 Å². The molecule has 1 rings (SSSR count). The van der Waals surface area contributed by atoms with Crippen LogP contribution in [0, 0.1) is 5.92 Å². The topological polar surface area (TPSA) is 60.2 Å². The molecule has 0 spiro atoms. The Kier molecular flexibility index (Phi) is 4.59. The Morgan fingerprint density at radius 2 is 1.87 bits per heavy atom. The summed E-state index contributed by atoms with van der Waals surface area (Å²) in [4.78, 5) is 0. The average Bonchev–Trinajstić information content (AvgIpc) is 2.67. The maximum absolute atomic E-state index is 12.0. The van der Waals surface area contributed by atoms with Gasteiger partial charge in [0.15, 0.2) is 9.84 Å². The molecule has 15 heavy (non-hydrogen) atoms. The fourth-order valence-corrected chi connectivity index (χ4v) is 4.27. The summed E-state index contributed by atoms with van der Waals surface area (Å²) in [7, 11) is -2.98. The van der Waals surface area contributed by atoms with Crippen LogP contribution >= 0.6 is 0 Å². The molecule has 0 aliphatic heterocycles. The molecule has 1 saturated carbocycles. The second-order valence-corrected chi connectivity index (χ2v) is 7.16. The lowest BCUT2D eigenvalue weighted by atomic mass is 10.1. The van der Waals surface area contributed by atoms with Crippen LogP contribution in [0.25, 0.3) is 0 Å². The van der Waals surface area contributed by atoms with Crippen LogP contribution in [-0.4, -0.2) is 25.5 Å². The SMILES string of the molecule is CCC(N)C(C)S(=O)(=O)CC1CCCC1. The quantitative estimate of drug-likeness (QED) is 0.786. The largest absolute Gasteiger partial charge is 0.327 e. The maximum Gasteiger partial charge on any atom is 0.154 e. The van der Waals surface area contributed by atoms with E-state index in [1.807, 2.05) is 6.92 Å². The van der Waals surface area contributed by atoms with Crippen LogP contribution in [0.1, 0.15) is 46.0 Å². The monoisotopic (exact) mass is 233 g/mol. The van der Waals surface area contributed by atoms with Gasteiger partial charge in [-0.25, -0.2) is 8.42 Å². The molecule has 2 N–H and O–H groups in total. The van der Waals surface area contributed by atoms with Crippen molar-refractivity contribution in [3.8, 4) is 0 Å². The molecule has 1 aliphatic rings. The predicted molar refractivity (Wildman–Crippen MR) is 63.5 cm³/mol. The van der Waals surface area contributed by atoms with Gasteiger partial charge in [0.05, 0.1) is 11.0 Å². The van der Waals surface area contributed by atoms with Gasteiger partial charge < -0.3 is 5.73 Å². The van der Waals surface area contributed by atoms with E-state index in [2.05, 4.69) is 0 Å². The Balaban J connectivity index is 2.57. The van der Waals surface area contributed by atoms with Gasteiger partial charge in [0.25, 0.3) is 0 Å². The highest BCUT2D eigenvalue weighted by Crippen LogP contribution is 2.27. The van der Waals surface area contributed by atoms with Gasteiger partial charge in [-0.3, -0.25) is 0 Å². The highest BCUT2D eigenvalue weighted by Gasteiger charge is 2.29. The average molecular weight is 233 g/mol. The molecule has 0 heterocycles. The molecule has 1 fully saturated rings. The van der Waals surface area contributed by atoms with Gasteiger partial charge in [0.1, 0.15) is 0 Å². The van der Waals surface area contributed by atoms with E-state index in [0.717, 1.165) is 19.3 Å². The van der Waals surface area contributed by atoms with Crippen LogP contribution in [0.5, 0.6) is 0 Å². The second-order valence-electron chi connectivity index (χ2n) is 4.76. The first-order chi connectivity index (χ1) is 6.97. The Labute approximate surface area is 93.3 Å². The summed E-state index contributed by atoms with van der Waals surface area (Å²) >= 11 is 0. The molecule has 3 nitrogen and oxygen atoms in total. The van der Waals surface area contributed by atoms with Gasteiger partial charge in [0, 0.05) is 6.04 Å². The maximum atomic E-state index is 12.0. The van der Waals surface area contributed by atoms with Crippen molar-refractivity contribution in [2.45, 2.75) is 57.2 Å². The molecule has 0 aromatic heterocycles. The van der Waals surface area contributed by atoms with E-state index in [4.69, 9.17) is 5.73 Å². The van der Waals surface area contributed by atoms with Crippen molar-refractivity contribution >= 4 is 9.84 Å². The van der Waals surface area contributed by atoms with Gasteiger partial charge in [-0.1, -0.05) is 19.8 Å². The summed E-state index contributed by atoms with van der Waals surface area (Å²) in [5.74, 6) is 0.739. The first kappa shape index (κ1) is 13.0. The highest BCUT2D eigenvalue weighted by molar-refractivity contribution is 7.92. The van der Waals surface area contributed by atoms with Crippen LogP contribution in [0.2, 0.25) is 0 Å². The summed E-state index contributed by atoms with van der Waals surface area (Å²) in [6.45, 7) is 3.69. The molecule has 0 radical (unpaired) electrons. The highest BCUT2D eigenvalue weighted by atomic mass is 32.2. The molecule has 1 aliphatic carbocycles. The van der Waals surface area contributed by atoms with Crippen LogP contribution < -0.4 is 5.73 Å². The molecular weight excluding hydrogens is 210 g/mol. The summed E-state index contributed by atoms with van der Waals surface area (Å²) in [6, 6.07) is -0.212. The normalized spacial score (nSPS) is 22.9. The van der Waals surface area contributed by atoms with Crippen molar-refractivity contribution in [1.82, 2.24) is 0 Å². The van der Waals surface area contributed by atoms with Crippen molar-refractivity contribution in [1.29, 1.82) is 0 Å². The third-order valence-corrected chi connectivity index (χ3v) is 6.00. The Morgan fingerprint density at radius 1 is 1.33 bits per heavy atom. The van der Waals surface area contributed by atoms with E-state index in [1.165, 1.54) is 12.8 Å². The summed E-state index contributed by atoms with van der Waals surface area (Å²) in [5, 5.41) is -0.386. The Hall–Kier alpha value is -0.0900. The minimum atomic E-state index is -2.98. The lowest BCUT2D eigenvalue weighted by molar-refractivity contribution is 0.528. The summed E-state index contributed by atoms with van der Waals surface area (Å²) in [5.41, 5.74) is 5.80. The zero-order chi connectivity index (χ0) is 11.5. The van der Waals surface area contributed by atoms with Crippen molar-refractivity contribution in [2.75, 3.05) is 5.75 Å². The zero-order valence-electron chi connectivity index (χ0n) is 9.78. The van der Waals surface area contributed by atoms with Gasteiger partial charge in [-0.2, -0.15) is 0 Å². The molecule has 0 bridgehead atoms. The standard InChI is InChI=1S/C11H23NO2S/c1-3-11(12)9(2)15(13,14)8-10-6-4-5-7-10/h9-11H,3-8,12H2,1-2H3. The molecule has 0 saturated heterocycles. The van der Waals surface area contributed by atoms with Gasteiger partial charge in [-0.15, -0.1) is 0 Å². The van der Waals surface area contributed by atoms with Gasteiger partial charge >= 0.3 is 0 Å². The number of sulfone groups is 1. The number of rotatable bonds is 5. The van der Waals surface area contributed by atoms with E-state index < -0.39 is 9.84 Å². The molecular formula is C11H23NO2S. The lowest BCUT2D eigenvalue weighted by Crippen LogP contribution is -2.39. The van der Waals surface area contributed by atoms with E-state index in [0.29, 0.717) is 11.7 Å². The molecule has 0 amide bonds. The van der Waals surface area contributed by atoms with E-state index in [9.17, 15) is 8.42 Å². The van der Waals surface area contributed by atoms with Crippen molar-refractivity contribution in [3.63, 3.8) is 0 Å². The number of hydrogen-bond donors (Lipinski definition) is 1. The minimum absolute atomic E-state index is 0.212. The van der Waals surface area contributed by atoms with Crippen LogP contribution in [-0.2, 0) is 9.84 Å². The van der Waals surface area contributed by atoms with Crippen LogP contribution in [0.15, 0.2) is 0 Å². The van der Waals surface area contributed by atoms with Crippen LogP contribution in [0.4, 0.5) is 0 Å². The fraction of sp³-hybridized carbons (Fsp3) is 1.00. The van der Waals surface area contributed by atoms with Crippen LogP contribution in [0.3, 0.4) is 0 Å². The van der Waals surface area contributed by atoms with E-state index in [1.54, 1.807) is 6.92 Å². The molecule has 0 aromatic rings. The first-order valence-corrected chi connectivity index (χ1v) is 7.66. The molecule has 4 heteroatoms. The fourth-order valence-electron chi connectivity index (χ4n) is 2.26. The molecule has 2 atom stereocenters. The second kappa shape index (κ2) is 5.30. The minimum Gasteiger partial charge on any atom is -0.327 e. The van der Waals surface area contributed by atoms with Gasteiger partial charge in [0.2, 0.25) is 0 Å². The summed E-state index contributed by atoms with van der Waals surface area (Å²) in [6.07, 6.45) is 5.26. The van der Waals surface area contributed by atoms with E-state index in [-0.39, 0.29) is 11.3 Å². The Morgan fingerprint density at radius 3 is 2.33 bits per heavy atom. The smallest absolute Gasteiger partial charge is 0.154 e. The molecule has 90 valence electrons. The zero-order valence-corrected chi connectivity index (χ0v) is 10.6. The van der Waals surface area contributed by atoms with Gasteiger partial charge in [-0.05, 0) is 32.1 Å². The summed E-state index contributed by atoms with van der Waals surface area (Å²) < 4.78 is 24.0. The number of nitrogens with two attached hydrogens (primary N) is 1. The molecule has 2 unspecified atom stereocenters. The number of hydrogen-bond acceptors (Lipinski definition) is 3. The van der Waals surface area contributed by atoms with Crippen molar-refractivity contribution in [2.24, 2.45) is 11.7 Å². The van der Waals surface area contributed by atoms with Crippen molar-refractivity contribution < 1.29 is 8.42 Å². The first-order valence-electron chi connectivity index (χ1n) is 5.94. The third-order valence-electron chi connectivity index (χ3n) is 3.58. The predicted octanol–water partition coefficient (Wildman–Crippen LogP) is 1.72. The Bertz CT molecular complexity index is 281. The van der Waals surface area contributed by atoms with E-state index >= 15 is 0 Å².